The second-order valence-corrected chi connectivity index (χ2v) is 4.46. The largest absolute Gasteiger partial charge is 0.464 e. The van der Waals surface area contributed by atoms with Crippen LogP contribution in [0.3, 0.4) is 0 Å². The van der Waals surface area contributed by atoms with Gasteiger partial charge >= 0.3 is 6.01 Å². The fourth-order valence-electron chi connectivity index (χ4n) is 2.06. The van der Waals surface area contributed by atoms with E-state index in [-0.39, 0.29) is 17.6 Å². The van der Waals surface area contributed by atoms with Gasteiger partial charge in [-0.05, 0) is 13.0 Å². The standard InChI is InChI=1S/C14H14FN5O/c1-2-21-14-18-12(16)11-13(19-14)20(8-17-11)7-9-5-3-4-6-10(9)15/h3-6,8H,2,7H2,1H3,(H2,16,18,19). The molecule has 21 heavy (non-hydrogen) atoms. The van der Waals surface area contributed by atoms with E-state index in [1.807, 2.05) is 6.92 Å². The summed E-state index contributed by atoms with van der Waals surface area (Å²) in [5, 5.41) is 0. The third-order valence-corrected chi connectivity index (χ3v) is 3.04. The van der Waals surface area contributed by atoms with Gasteiger partial charge in [0.1, 0.15) is 5.82 Å². The predicted octanol–water partition coefficient (Wildman–Crippen LogP) is 1.99. The van der Waals surface area contributed by atoms with Crippen LogP contribution in [0.5, 0.6) is 6.01 Å². The molecule has 0 saturated carbocycles. The van der Waals surface area contributed by atoms with Crippen molar-refractivity contribution in [3.63, 3.8) is 0 Å². The summed E-state index contributed by atoms with van der Waals surface area (Å²) >= 11 is 0. The Bertz CT molecular complexity index is 786. The summed E-state index contributed by atoms with van der Waals surface area (Å²) in [6.45, 7) is 2.58. The van der Waals surface area contributed by atoms with Gasteiger partial charge in [0.2, 0.25) is 0 Å². The van der Waals surface area contributed by atoms with Crippen molar-refractivity contribution < 1.29 is 9.13 Å². The molecule has 0 atom stereocenters. The summed E-state index contributed by atoms with van der Waals surface area (Å²) in [4.78, 5) is 12.5. The fourth-order valence-corrected chi connectivity index (χ4v) is 2.06. The van der Waals surface area contributed by atoms with Gasteiger partial charge in [-0.15, -0.1) is 0 Å². The number of nitrogens with zero attached hydrogens (tertiary/aromatic N) is 4. The third-order valence-electron chi connectivity index (χ3n) is 3.04. The quantitative estimate of drug-likeness (QED) is 0.794. The van der Waals surface area contributed by atoms with Crippen molar-refractivity contribution in [1.82, 2.24) is 19.5 Å². The molecule has 0 amide bonds. The average molecular weight is 287 g/mol. The topological polar surface area (TPSA) is 78.9 Å². The van der Waals surface area contributed by atoms with E-state index in [1.54, 1.807) is 29.1 Å². The molecule has 108 valence electrons. The van der Waals surface area contributed by atoms with Gasteiger partial charge in [-0.2, -0.15) is 9.97 Å². The molecule has 2 heterocycles. The normalized spacial score (nSPS) is 11.0. The lowest BCUT2D eigenvalue weighted by molar-refractivity contribution is 0.314. The first kappa shape index (κ1) is 13.3. The van der Waals surface area contributed by atoms with Crippen molar-refractivity contribution >= 4 is 17.0 Å². The number of halogens is 1. The predicted molar refractivity (Wildman–Crippen MR) is 76.4 cm³/mol. The molecule has 2 aromatic heterocycles. The Labute approximate surface area is 120 Å². The van der Waals surface area contributed by atoms with E-state index in [0.29, 0.717) is 29.9 Å². The maximum atomic E-state index is 13.7. The van der Waals surface area contributed by atoms with Crippen molar-refractivity contribution in [1.29, 1.82) is 0 Å². The highest BCUT2D eigenvalue weighted by Gasteiger charge is 2.13. The number of rotatable bonds is 4. The zero-order valence-corrected chi connectivity index (χ0v) is 11.5. The first-order valence-electron chi connectivity index (χ1n) is 6.53. The molecule has 3 aromatic rings. The SMILES string of the molecule is CCOc1nc(N)c2ncn(Cc3ccccc3F)c2n1. The number of nitrogen functional groups attached to an aromatic ring is 1. The van der Waals surface area contributed by atoms with E-state index in [2.05, 4.69) is 15.0 Å². The second kappa shape index (κ2) is 5.35. The number of hydrogen-bond acceptors (Lipinski definition) is 5. The van der Waals surface area contributed by atoms with Gasteiger partial charge in [0, 0.05) is 5.56 Å². The number of aromatic nitrogens is 4. The van der Waals surface area contributed by atoms with Crippen LogP contribution in [0.1, 0.15) is 12.5 Å². The van der Waals surface area contributed by atoms with Gasteiger partial charge in [0.15, 0.2) is 17.0 Å². The highest BCUT2D eigenvalue weighted by Crippen LogP contribution is 2.20. The lowest BCUT2D eigenvalue weighted by Crippen LogP contribution is -2.05. The Hall–Kier alpha value is -2.70. The van der Waals surface area contributed by atoms with Crippen molar-refractivity contribution in [2.45, 2.75) is 13.5 Å². The maximum Gasteiger partial charge on any atom is 0.320 e. The van der Waals surface area contributed by atoms with Crippen LogP contribution < -0.4 is 10.5 Å². The first-order valence-corrected chi connectivity index (χ1v) is 6.53. The molecule has 1 aromatic carbocycles. The van der Waals surface area contributed by atoms with Gasteiger partial charge in [0.25, 0.3) is 0 Å². The molecule has 0 radical (unpaired) electrons. The molecule has 0 bridgehead atoms. The summed E-state index contributed by atoms with van der Waals surface area (Å²) in [5.74, 6) is -0.0258. The molecule has 3 rings (SSSR count). The number of anilines is 1. The number of benzene rings is 1. The van der Waals surface area contributed by atoms with Gasteiger partial charge < -0.3 is 15.0 Å². The van der Waals surface area contributed by atoms with Gasteiger partial charge in [0.05, 0.1) is 19.5 Å². The van der Waals surface area contributed by atoms with Crippen LogP contribution in [-0.2, 0) is 6.54 Å². The van der Waals surface area contributed by atoms with Gasteiger partial charge in [-0.1, -0.05) is 18.2 Å². The molecule has 6 nitrogen and oxygen atoms in total. The van der Waals surface area contributed by atoms with E-state index >= 15 is 0 Å². The molecule has 0 unspecified atom stereocenters. The number of fused-ring (bicyclic) bond motifs is 1. The van der Waals surface area contributed by atoms with Crippen LogP contribution in [0, 0.1) is 5.82 Å². The summed E-state index contributed by atoms with van der Waals surface area (Å²) < 4.78 is 20.7. The molecular formula is C14H14FN5O. The summed E-state index contributed by atoms with van der Waals surface area (Å²) in [5.41, 5.74) is 7.39. The molecule has 0 spiro atoms. The van der Waals surface area contributed by atoms with Crippen LogP contribution in [0.2, 0.25) is 0 Å². The Morgan fingerprint density at radius 3 is 2.86 bits per heavy atom. The molecule has 0 fully saturated rings. The number of hydrogen-bond donors (Lipinski definition) is 1. The molecule has 0 aliphatic carbocycles. The average Bonchev–Trinajstić information content (AvgIpc) is 2.86. The summed E-state index contributed by atoms with van der Waals surface area (Å²) in [7, 11) is 0. The van der Waals surface area contributed by atoms with E-state index < -0.39 is 0 Å². The molecule has 0 aliphatic heterocycles. The Balaban J connectivity index is 2.05. The van der Waals surface area contributed by atoms with Crippen LogP contribution in [0.15, 0.2) is 30.6 Å². The zero-order valence-electron chi connectivity index (χ0n) is 11.5. The zero-order chi connectivity index (χ0) is 14.8. The van der Waals surface area contributed by atoms with Crippen LogP contribution in [-0.4, -0.2) is 26.1 Å². The number of imidazole rings is 1. The smallest absolute Gasteiger partial charge is 0.320 e. The van der Waals surface area contributed by atoms with Crippen molar-refractivity contribution in [3.05, 3.63) is 42.0 Å². The van der Waals surface area contributed by atoms with E-state index in [4.69, 9.17) is 10.5 Å². The van der Waals surface area contributed by atoms with Crippen LogP contribution in [0.25, 0.3) is 11.2 Å². The Morgan fingerprint density at radius 1 is 1.29 bits per heavy atom. The maximum absolute atomic E-state index is 13.7. The van der Waals surface area contributed by atoms with E-state index in [9.17, 15) is 4.39 Å². The van der Waals surface area contributed by atoms with Crippen molar-refractivity contribution in [3.8, 4) is 6.01 Å². The summed E-state index contributed by atoms with van der Waals surface area (Å²) in [6.07, 6.45) is 1.57. The first-order chi connectivity index (χ1) is 10.2. The highest BCUT2D eigenvalue weighted by atomic mass is 19.1. The minimum Gasteiger partial charge on any atom is -0.464 e. The molecular weight excluding hydrogens is 273 g/mol. The minimum absolute atomic E-state index is 0.192. The van der Waals surface area contributed by atoms with Crippen LogP contribution in [0.4, 0.5) is 10.2 Å². The molecule has 0 aliphatic rings. The van der Waals surface area contributed by atoms with E-state index in [0.717, 1.165) is 0 Å². The Morgan fingerprint density at radius 2 is 2.10 bits per heavy atom. The Kier molecular flexibility index (Phi) is 3.39. The van der Waals surface area contributed by atoms with Gasteiger partial charge in [-0.25, -0.2) is 9.37 Å². The lowest BCUT2D eigenvalue weighted by atomic mass is 10.2. The summed E-state index contributed by atoms with van der Waals surface area (Å²) in [6, 6.07) is 6.77. The van der Waals surface area contributed by atoms with Crippen molar-refractivity contribution in [2.75, 3.05) is 12.3 Å². The fraction of sp³-hybridized carbons (Fsp3) is 0.214. The molecule has 0 saturated heterocycles. The minimum atomic E-state index is -0.272. The van der Waals surface area contributed by atoms with E-state index in [1.165, 1.54) is 6.07 Å². The van der Waals surface area contributed by atoms with Crippen molar-refractivity contribution in [2.24, 2.45) is 0 Å². The van der Waals surface area contributed by atoms with Gasteiger partial charge in [-0.3, -0.25) is 0 Å². The highest BCUT2D eigenvalue weighted by molar-refractivity contribution is 5.81. The molecule has 7 heteroatoms. The third kappa shape index (κ3) is 2.49. The number of nitrogens with two attached hydrogens (primary N) is 1. The second-order valence-electron chi connectivity index (χ2n) is 4.46. The lowest BCUT2D eigenvalue weighted by Gasteiger charge is -2.07. The molecule has 2 N–H and O–H groups in total. The van der Waals surface area contributed by atoms with Crippen LogP contribution >= 0.6 is 0 Å². The monoisotopic (exact) mass is 287 g/mol. The number of ether oxygens (including phenoxy) is 1.